The molecule has 0 aliphatic carbocycles. The third kappa shape index (κ3) is 3.68. The van der Waals surface area contributed by atoms with E-state index in [1.165, 1.54) is 0 Å². The summed E-state index contributed by atoms with van der Waals surface area (Å²) in [6, 6.07) is 6.45. The van der Waals surface area contributed by atoms with Gasteiger partial charge >= 0.3 is 0 Å². The number of ether oxygens (including phenoxy) is 1. The molecule has 0 bridgehead atoms. The van der Waals surface area contributed by atoms with Crippen molar-refractivity contribution >= 4 is 16.8 Å². The van der Waals surface area contributed by atoms with E-state index in [-0.39, 0.29) is 0 Å². The number of hydrogen-bond donors (Lipinski definition) is 1. The molecule has 0 spiro atoms. The Kier molecular flexibility index (Phi) is 5.34. The first-order valence-electron chi connectivity index (χ1n) is 10.2. The first-order valence-corrected chi connectivity index (χ1v) is 10.2. The number of nitrogens with one attached hydrogen (secondary N) is 1. The maximum Gasteiger partial charge on any atom is 0.222 e. The van der Waals surface area contributed by atoms with Crippen LogP contribution in [0.3, 0.4) is 0 Å². The molecule has 1 amide bonds. The van der Waals surface area contributed by atoms with Crippen molar-refractivity contribution in [2.75, 3.05) is 26.7 Å². The molecule has 1 N–H and O–H groups in total. The maximum atomic E-state index is 12.4. The Morgan fingerprint density at radius 2 is 2.22 bits per heavy atom. The van der Waals surface area contributed by atoms with Gasteiger partial charge in [0.05, 0.1) is 18.3 Å². The Labute approximate surface area is 160 Å². The lowest BCUT2D eigenvalue weighted by atomic mass is 9.83. The predicted octanol–water partition coefficient (Wildman–Crippen LogP) is 3.18. The highest BCUT2D eigenvalue weighted by atomic mass is 16.5. The topological polar surface area (TPSA) is 61.5 Å². The highest BCUT2D eigenvalue weighted by Crippen LogP contribution is 2.32. The van der Waals surface area contributed by atoms with E-state index in [9.17, 15) is 4.79 Å². The zero-order valence-electron chi connectivity index (χ0n) is 16.4. The maximum absolute atomic E-state index is 12.4. The van der Waals surface area contributed by atoms with Gasteiger partial charge in [0.15, 0.2) is 0 Å². The van der Waals surface area contributed by atoms with Gasteiger partial charge in [-0.3, -0.25) is 14.8 Å². The summed E-state index contributed by atoms with van der Waals surface area (Å²) in [7, 11) is 1.69. The molecule has 1 aromatic heterocycles. The molecule has 6 heteroatoms. The fourth-order valence-corrected chi connectivity index (χ4v) is 4.70. The van der Waals surface area contributed by atoms with Crippen LogP contribution in [0.1, 0.15) is 44.7 Å². The fourth-order valence-electron chi connectivity index (χ4n) is 4.70. The van der Waals surface area contributed by atoms with Crippen LogP contribution in [-0.2, 0) is 11.3 Å². The number of nitrogens with zero attached hydrogens (tertiary/aromatic N) is 3. The van der Waals surface area contributed by atoms with E-state index >= 15 is 0 Å². The molecular formula is C21H30N4O2. The number of H-pyrrole nitrogens is 1. The second kappa shape index (κ2) is 7.89. The molecular weight excluding hydrogens is 340 g/mol. The van der Waals surface area contributed by atoms with Crippen molar-refractivity contribution in [1.82, 2.24) is 20.0 Å². The van der Waals surface area contributed by atoms with Crippen molar-refractivity contribution in [3.05, 3.63) is 23.9 Å². The lowest BCUT2D eigenvalue weighted by Gasteiger charge is -2.47. The standard InChI is InChI=1S/C21H30N4O2/c1-3-4-10-25-20-9-11-24(13-15(20)5-8-21(25)26)14-19-17-12-16(27-2)6-7-18(17)22-23-19/h6-7,12,15,20H,3-5,8-11,13-14H2,1-2H3,(H,22,23)/t15-,20+/m0/s1. The van der Waals surface area contributed by atoms with E-state index in [0.29, 0.717) is 24.3 Å². The van der Waals surface area contributed by atoms with Crippen LogP contribution in [0, 0.1) is 5.92 Å². The number of rotatable bonds is 6. The average molecular weight is 370 g/mol. The lowest BCUT2D eigenvalue weighted by Crippen LogP contribution is -2.55. The Morgan fingerprint density at radius 1 is 1.33 bits per heavy atom. The van der Waals surface area contributed by atoms with Gasteiger partial charge in [-0.1, -0.05) is 13.3 Å². The molecule has 6 nitrogen and oxygen atoms in total. The molecule has 0 unspecified atom stereocenters. The number of carbonyl (C=O) groups is 1. The molecule has 2 aromatic rings. The van der Waals surface area contributed by atoms with Crippen molar-refractivity contribution < 1.29 is 9.53 Å². The van der Waals surface area contributed by atoms with Gasteiger partial charge in [-0.2, -0.15) is 5.10 Å². The molecule has 2 aliphatic rings. The van der Waals surface area contributed by atoms with Crippen LogP contribution in [0.25, 0.3) is 10.9 Å². The van der Waals surface area contributed by atoms with Gasteiger partial charge in [0.25, 0.3) is 0 Å². The van der Waals surface area contributed by atoms with E-state index in [1.807, 2.05) is 12.1 Å². The summed E-state index contributed by atoms with van der Waals surface area (Å²) in [5, 5.41) is 8.79. The smallest absolute Gasteiger partial charge is 0.222 e. The largest absolute Gasteiger partial charge is 0.497 e. The zero-order valence-corrected chi connectivity index (χ0v) is 16.4. The van der Waals surface area contributed by atoms with Crippen LogP contribution in [0.5, 0.6) is 5.75 Å². The number of methoxy groups -OCH3 is 1. The number of piperidine rings is 2. The summed E-state index contributed by atoms with van der Waals surface area (Å²) >= 11 is 0. The highest BCUT2D eigenvalue weighted by Gasteiger charge is 2.38. The predicted molar refractivity (Wildman–Crippen MR) is 106 cm³/mol. The Hall–Kier alpha value is -2.08. The van der Waals surface area contributed by atoms with Crippen molar-refractivity contribution in [2.24, 2.45) is 5.92 Å². The van der Waals surface area contributed by atoms with Crippen molar-refractivity contribution in [1.29, 1.82) is 0 Å². The van der Waals surface area contributed by atoms with E-state index in [1.54, 1.807) is 7.11 Å². The molecule has 3 heterocycles. The zero-order chi connectivity index (χ0) is 18.8. The van der Waals surface area contributed by atoms with E-state index in [4.69, 9.17) is 4.74 Å². The molecule has 27 heavy (non-hydrogen) atoms. The van der Waals surface area contributed by atoms with Crippen molar-refractivity contribution in [3.8, 4) is 5.75 Å². The third-order valence-electron chi connectivity index (χ3n) is 6.20. The summed E-state index contributed by atoms with van der Waals surface area (Å²) in [6.07, 6.45) is 5.07. The number of carbonyl (C=O) groups excluding carboxylic acids is 1. The minimum absolute atomic E-state index is 0.366. The summed E-state index contributed by atoms with van der Waals surface area (Å²) in [5.74, 6) is 1.82. The quantitative estimate of drug-likeness (QED) is 0.848. The number of benzene rings is 1. The van der Waals surface area contributed by atoms with E-state index < -0.39 is 0 Å². The normalized spacial score (nSPS) is 23.6. The SMILES string of the molecule is CCCCN1C(=O)CC[C@H]2CN(Cc3[nH]nc4ccc(OC)cc34)CC[C@H]21. The van der Waals surface area contributed by atoms with Crippen LogP contribution in [0.2, 0.25) is 0 Å². The minimum atomic E-state index is 0.366. The summed E-state index contributed by atoms with van der Waals surface area (Å²) in [5.41, 5.74) is 2.13. The van der Waals surface area contributed by atoms with Crippen LogP contribution < -0.4 is 4.74 Å². The van der Waals surface area contributed by atoms with E-state index in [0.717, 1.165) is 74.2 Å². The number of aromatic nitrogens is 2. The van der Waals surface area contributed by atoms with Gasteiger partial charge in [-0.15, -0.1) is 0 Å². The number of hydrogen-bond acceptors (Lipinski definition) is 4. The second-order valence-corrected chi connectivity index (χ2v) is 7.92. The average Bonchev–Trinajstić information content (AvgIpc) is 3.09. The monoisotopic (exact) mass is 370 g/mol. The fraction of sp³-hybridized carbons (Fsp3) is 0.619. The van der Waals surface area contributed by atoms with Gasteiger partial charge < -0.3 is 9.64 Å². The van der Waals surface area contributed by atoms with E-state index in [2.05, 4.69) is 33.0 Å². The van der Waals surface area contributed by atoms with Crippen LogP contribution in [0.15, 0.2) is 18.2 Å². The molecule has 2 aliphatic heterocycles. The second-order valence-electron chi connectivity index (χ2n) is 7.92. The molecule has 2 fully saturated rings. The van der Waals surface area contributed by atoms with Crippen LogP contribution in [-0.4, -0.2) is 58.7 Å². The van der Waals surface area contributed by atoms with Gasteiger partial charge in [-0.05, 0) is 43.4 Å². The molecule has 0 radical (unpaired) electrons. The first-order chi connectivity index (χ1) is 13.2. The molecule has 4 rings (SSSR count). The molecule has 2 saturated heterocycles. The first kappa shape index (κ1) is 18.3. The molecule has 1 aromatic carbocycles. The Balaban J connectivity index is 1.45. The third-order valence-corrected chi connectivity index (χ3v) is 6.20. The highest BCUT2D eigenvalue weighted by molar-refractivity contribution is 5.82. The number of amides is 1. The number of fused-ring (bicyclic) bond motifs is 2. The molecule has 146 valence electrons. The number of aromatic amines is 1. The van der Waals surface area contributed by atoms with Gasteiger partial charge in [0, 0.05) is 44.0 Å². The lowest BCUT2D eigenvalue weighted by molar-refractivity contribution is -0.141. The van der Waals surface area contributed by atoms with Crippen LogP contribution >= 0.6 is 0 Å². The van der Waals surface area contributed by atoms with Crippen molar-refractivity contribution in [2.45, 2.75) is 51.6 Å². The summed E-state index contributed by atoms with van der Waals surface area (Å²) < 4.78 is 5.37. The molecule has 0 saturated carbocycles. The Bertz CT molecular complexity index is 803. The van der Waals surface area contributed by atoms with Gasteiger partial charge in [0.1, 0.15) is 5.75 Å². The van der Waals surface area contributed by atoms with Crippen molar-refractivity contribution in [3.63, 3.8) is 0 Å². The van der Waals surface area contributed by atoms with Gasteiger partial charge in [0.2, 0.25) is 5.91 Å². The Morgan fingerprint density at radius 3 is 3.04 bits per heavy atom. The number of likely N-dealkylation sites (tertiary alicyclic amines) is 2. The minimum Gasteiger partial charge on any atom is -0.497 e. The molecule has 2 atom stereocenters. The number of unbranched alkanes of at least 4 members (excludes halogenated alkanes) is 1. The summed E-state index contributed by atoms with van der Waals surface area (Å²) in [6.45, 7) is 6.09. The van der Waals surface area contributed by atoms with Crippen LogP contribution in [0.4, 0.5) is 0 Å². The summed E-state index contributed by atoms with van der Waals surface area (Å²) in [4.78, 5) is 17.1. The van der Waals surface area contributed by atoms with Gasteiger partial charge in [-0.25, -0.2) is 0 Å².